The van der Waals surface area contributed by atoms with Crippen molar-refractivity contribution in [1.29, 1.82) is 0 Å². The predicted molar refractivity (Wildman–Crippen MR) is 73.4 cm³/mol. The zero-order valence-corrected chi connectivity index (χ0v) is 11.4. The zero-order valence-electron chi connectivity index (χ0n) is 10.6. The van der Waals surface area contributed by atoms with Gasteiger partial charge in [0, 0.05) is 18.3 Å². The van der Waals surface area contributed by atoms with Gasteiger partial charge >= 0.3 is 0 Å². The van der Waals surface area contributed by atoms with Gasteiger partial charge in [0.1, 0.15) is 5.76 Å². The van der Waals surface area contributed by atoms with Crippen molar-refractivity contribution in [2.75, 3.05) is 13.1 Å². The first kappa shape index (κ1) is 13.3. The second kappa shape index (κ2) is 6.68. The molecule has 0 saturated carbocycles. The highest BCUT2D eigenvalue weighted by Gasteiger charge is 2.09. The molecule has 2 aromatic heterocycles. The van der Waals surface area contributed by atoms with E-state index in [1.54, 1.807) is 17.6 Å². The molecule has 0 aliphatic rings. The minimum Gasteiger partial charge on any atom is -0.468 e. The van der Waals surface area contributed by atoms with Crippen molar-refractivity contribution in [2.24, 2.45) is 5.73 Å². The van der Waals surface area contributed by atoms with Crippen molar-refractivity contribution in [1.82, 2.24) is 9.88 Å². The first-order chi connectivity index (χ1) is 8.81. The lowest BCUT2D eigenvalue weighted by Crippen LogP contribution is -2.22. The van der Waals surface area contributed by atoms with Gasteiger partial charge < -0.3 is 10.2 Å². The smallest absolute Gasteiger partial charge is 0.117 e. The van der Waals surface area contributed by atoms with Gasteiger partial charge in [-0.2, -0.15) is 0 Å². The van der Waals surface area contributed by atoms with Gasteiger partial charge in [-0.05, 0) is 25.2 Å². The van der Waals surface area contributed by atoms with Crippen LogP contribution in [-0.4, -0.2) is 23.0 Å². The fourth-order valence-corrected chi connectivity index (χ4v) is 2.60. The van der Waals surface area contributed by atoms with Crippen molar-refractivity contribution < 1.29 is 4.42 Å². The maximum Gasteiger partial charge on any atom is 0.117 e. The van der Waals surface area contributed by atoms with Gasteiger partial charge in [0.05, 0.1) is 23.5 Å². The van der Waals surface area contributed by atoms with Gasteiger partial charge in [0.15, 0.2) is 0 Å². The molecule has 0 amide bonds. The quantitative estimate of drug-likeness (QED) is 0.834. The monoisotopic (exact) mass is 265 g/mol. The second-order valence-corrected chi connectivity index (χ2v) is 5.10. The third-order valence-corrected chi connectivity index (χ3v) is 3.71. The van der Waals surface area contributed by atoms with Crippen LogP contribution >= 0.6 is 11.3 Å². The second-order valence-electron chi connectivity index (χ2n) is 4.15. The van der Waals surface area contributed by atoms with Gasteiger partial charge in [-0.15, -0.1) is 11.3 Å². The molecule has 4 nitrogen and oxygen atoms in total. The molecule has 0 radical (unpaired) electrons. The minimum absolute atomic E-state index is 0.664. The molecule has 0 aliphatic heterocycles. The zero-order chi connectivity index (χ0) is 12.8. The number of aromatic nitrogens is 1. The highest BCUT2D eigenvalue weighted by Crippen LogP contribution is 2.14. The number of hydrogen-bond acceptors (Lipinski definition) is 5. The molecule has 0 spiro atoms. The minimum atomic E-state index is 0.664. The lowest BCUT2D eigenvalue weighted by atomic mass is 10.3. The van der Waals surface area contributed by atoms with Crippen LogP contribution in [0.2, 0.25) is 0 Å². The van der Waals surface area contributed by atoms with Crippen LogP contribution in [-0.2, 0) is 19.5 Å². The summed E-state index contributed by atoms with van der Waals surface area (Å²) in [6.07, 6.45) is 2.58. The van der Waals surface area contributed by atoms with Crippen molar-refractivity contribution in [3.8, 4) is 0 Å². The largest absolute Gasteiger partial charge is 0.468 e. The van der Waals surface area contributed by atoms with Crippen LogP contribution in [0.4, 0.5) is 0 Å². The molecule has 0 bridgehead atoms. The van der Waals surface area contributed by atoms with Gasteiger partial charge in [0.2, 0.25) is 0 Å². The van der Waals surface area contributed by atoms with E-state index in [9.17, 15) is 0 Å². The van der Waals surface area contributed by atoms with Crippen molar-refractivity contribution in [3.05, 3.63) is 40.2 Å². The van der Waals surface area contributed by atoms with Crippen LogP contribution in [0.5, 0.6) is 0 Å². The third kappa shape index (κ3) is 3.66. The summed E-state index contributed by atoms with van der Waals surface area (Å²) in [7, 11) is 0. The highest BCUT2D eigenvalue weighted by molar-refractivity contribution is 7.09. The Morgan fingerprint density at radius 3 is 3.00 bits per heavy atom. The van der Waals surface area contributed by atoms with Gasteiger partial charge in [-0.3, -0.25) is 4.90 Å². The van der Waals surface area contributed by atoms with Crippen LogP contribution in [0.1, 0.15) is 23.4 Å². The number of rotatable bonds is 7. The number of nitrogens with zero attached hydrogens (tertiary/aromatic N) is 2. The number of thiazole rings is 1. The summed E-state index contributed by atoms with van der Waals surface area (Å²) in [6.45, 7) is 5.48. The molecule has 0 atom stereocenters. The topological polar surface area (TPSA) is 55.3 Å². The van der Waals surface area contributed by atoms with E-state index in [4.69, 9.17) is 10.2 Å². The predicted octanol–water partition coefficient (Wildman–Crippen LogP) is 2.26. The summed E-state index contributed by atoms with van der Waals surface area (Å²) in [5, 5.41) is 3.25. The summed E-state index contributed by atoms with van der Waals surface area (Å²) >= 11 is 1.69. The SMILES string of the molecule is CCN(Cc1csc(CCN)n1)Cc1ccco1. The summed E-state index contributed by atoms with van der Waals surface area (Å²) in [4.78, 5) is 6.89. The summed E-state index contributed by atoms with van der Waals surface area (Å²) in [6, 6.07) is 3.93. The van der Waals surface area contributed by atoms with Crippen LogP contribution in [0.25, 0.3) is 0 Å². The van der Waals surface area contributed by atoms with E-state index in [2.05, 4.69) is 22.2 Å². The van der Waals surface area contributed by atoms with E-state index in [-0.39, 0.29) is 0 Å². The number of hydrogen-bond donors (Lipinski definition) is 1. The molecule has 0 aliphatic carbocycles. The van der Waals surface area contributed by atoms with Gasteiger partial charge in [-0.1, -0.05) is 6.92 Å². The fraction of sp³-hybridized carbons (Fsp3) is 0.462. The molecule has 18 heavy (non-hydrogen) atoms. The van der Waals surface area contributed by atoms with E-state index in [0.29, 0.717) is 6.54 Å². The van der Waals surface area contributed by atoms with E-state index in [0.717, 1.165) is 42.5 Å². The van der Waals surface area contributed by atoms with Crippen LogP contribution < -0.4 is 5.73 Å². The number of nitrogens with two attached hydrogens (primary N) is 1. The molecule has 0 saturated heterocycles. The van der Waals surface area contributed by atoms with Gasteiger partial charge in [0.25, 0.3) is 0 Å². The van der Waals surface area contributed by atoms with E-state index < -0.39 is 0 Å². The first-order valence-corrected chi connectivity index (χ1v) is 7.08. The Balaban J connectivity index is 1.92. The van der Waals surface area contributed by atoms with Crippen molar-refractivity contribution >= 4 is 11.3 Å². The molecule has 0 fully saturated rings. The molecule has 2 N–H and O–H groups in total. The average Bonchev–Trinajstić information content (AvgIpc) is 3.01. The Kier molecular flexibility index (Phi) is 4.92. The Labute approximate surface area is 111 Å². The molecule has 98 valence electrons. The molecule has 0 aromatic carbocycles. The molecule has 2 aromatic rings. The van der Waals surface area contributed by atoms with Crippen molar-refractivity contribution in [3.63, 3.8) is 0 Å². The Morgan fingerprint density at radius 2 is 2.33 bits per heavy atom. The normalized spacial score (nSPS) is 11.3. The fourth-order valence-electron chi connectivity index (χ4n) is 1.79. The molecule has 0 unspecified atom stereocenters. The third-order valence-electron chi connectivity index (χ3n) is 2.75. The van der Waals surface area contributed by atoms with Crippen LogP contribution in [0.15, 0.2) is 28.2 Å². The van der Waals surface area contributed by atoms with Crippen molar-refractivity contribution in [2.45, 2.75) is 26.4 Å². The summed E-state index contributed by atoms with van der Waals surface area (Å²) < 4.78 is 5.37. The Morgan fingerprint density at radius 1 is 1.44 bits per heavy atom. The molecular weight excluding hydrogens is 246 g/mol. The first-order valence-electron chi connectivity index (χ1n) is 6.20. The lowest BCUT2D eigenvalue weighted by Gasteiger charge is -2.17. The van der Waals surface area contributed by atoms with E-state index in [1.807, 2.05) is 12.1 Å². The standard InChI is InChI=1S/C13H19N3OS/c1-2-16(9-12-4-3-7-17-12)8-11-10-18-13(15-11)5-6-14/h3-4,7,10H,2,5-6,8-9,14H2,1H3. The maximum absolute atomic E-state index is 5.53. The number of furan rings is 1. The summed E-state index contributed by atoms with van der Waals surface area (Å²) in [5.41, 5.74) is 6.65. The molecule has 2 rings (SSSR count). The molecule has 5 heteroatoms. The average molecular weight is 265 g/mol. The Hall–Kier alpha value is -1.17. The van der Waals surface area contributed by atoms with E-state index >= 15 is 0 Å². The lowest BCUT2D eigenvalue weighted by molar-refractivity contribution is 0.245. The van der Waals surface area contributed by atoms with Crippen LogP contribution in [0, 0.1) is 0 Å². The molecule has 2 heterocycles. The Bertz CT molecular complexity index is 453. The highest BCUT2D eigenvalue weighted by atomic mass is 32.1. The maximum atomic E-state index is 5.53. The molecular formula is C13H19N3OS. The van der Waals surface area contributed by atoms with E-state index in [1.165, 1.54) is 0 Å². The van der Waals surface area contributed by atoms with Gasteiger partial charge in [-0.25, -0.2) is 4.98 Å². The van der Waals surface area contributed by atoms with Crippen LogP contribution in [0.3, 0.4) is 0 Å². The summed E-state index contributed by atoms with van der Waals surface area (Å²) in [5.74, 6) is 0.995.